The van der Waals surface area contributed by atoms with E-state index in [1.165, 1.54) is 99.6 Å². The second-order valence-electron chi connectivity index (χ2n) is 19.2. The van der Waals surface area contributed by atoms with Gasteiger partial charge in [-0.15, -0.1) is 0 Å². The summed E-state index contributed by atoms with van der Waals surface area (Å²) >= 11 is 0. The van der Waals surface area contributed by atoms with Crippen molar-refractivity contribution in [3.63, 3.8) is 0 Å². The molecule has 3 heteroatoms. The molecule has 2 heterocycles. The molecule has 0 N–H and O–H groups in total. The minimum atomic E-state index is -0.429. The fourth-order valence-electron chi connectivity index (χ4n) is 13.4. The summed E-state index contributed by atoms with van der Waals surface area (Å²) in [5.41, 5.74) is 23.9. The van der Waals surface area contributed by atoms with E-state index in [0.29, 0.717) is 5.92 Å². The van der Waals surface area contributed by atoms with E-state index in [4.69, 9.17) is 4.42 Å². The molecule has 0 saturated carbocycles. The molecule has 2 aromatic heterocycles. The fourth-order valence-corrected chi connectivity index (χ4v) is 13.4. The fraction of sp³-hybridized carbons (Fsp3) is 0.156. The van der Waals surface area contributed by atoms with E-state index in [-0.39, 0.29) is 5.92 Å². The average molecular weight is 863 g/mol. The van der Waals surface area contributed by atoms with E-state index in [1.807, 2.05) is 0 Å². The van der Waals surface area contributed by atoms with Crippen LogP contribution in [-0.4, -0.2) is 4.57 Å². The van der Waals surface area contributed by atoms with Crippen LogP contribution >= 0.6 is 0 Å². The number of allylic oxidation sites excluding steroid dienone is 18. The number of fused-ring (bicyclic) bond motifs is 19. The highest BCUT2D eigenvalue weighted by molar-refractivity contribution is 6.20. The Morgan fingerprint density at radius 2 is 1.54 bits per heavy atom. The van der Waals surface area contributed by atoms with Gasteiger partial charge in [-0.25, -0.2) is 0 Å². The Balaban J connectivity index is 1.17. The number of aromatic nitrogens is 1. The molecule has 322 valence electrons. The van der Waals surface area contributed by atoms with Crippen LogP contribution in [0.15, 0.2) is 209 Å². The van der Waals surface area contributed by atoms with Crippen LogP contribution in [0.5, 0.6) is 0 Å². The summed E-state index contributed by atoms with van der Waals surface area (Å²) in [5.74, 6) is 0.532. The zero-order chi connectivity index (χ0) is 44.5. The normalized spacial score (nSPS) is 21.1. The molecule has 67 heavy (non-hydrogen) atoms. The molecule has 0 amide bonds. The van der Waals surface area contributed by atoms with Gasteiger partial charge < -0.3 is 13.9 Å². The number of nitrogens with zero attached hydrogens (tertiary/aromatic N) is 2. The van der Waals surface area contributed by atoms with Gasteiger partial charge in [0.1, 0.15) is 11.2 Å². The van der Waals surface area contributed by atoms with Crippen molar-refractivity contribution < 1.29 is 4.42 Å². The summed E-state index contributed by atoms with van der Waals surface area (Å²) in [4.78, 5) is 2.64. The van der Waals surface area contributed by atoms with E-state index in [1.54, 1.807) is 5.57 Å². The van der Waals surface area contributed by atoms with Gasteiger partial charge in [0.2, 0.25) is 0 Å². The highest BCUT2D eigenvalue weighted by atomic mass is 16.3. The lowest BCUT2D eigenvalue weighted by molar-refractivity contribution is 0.431. The van der Waals surface area contributed by atoms with Crippen LogP contribution in [0.3, 0.4) is 0 Å². The van der Waals surface area contributed by atoms with Crippen molar-refractivity contribution in [2.24, 2.45) is 11.8 Å². The van der Waals surface area contributed by atoms with Gasteiger partial charge in [-0.3, -0.25) is 0 Å². The first-order chi connectivity index (χ1) is 33.1. The van der Waals surface area contributed by atoms with Crippen LogP contribution in [-0.2, 0) is 11.8 Å². The quantitative estimate of drug-likeness (QED) is 0.161. The van der Waals surface area contributed by atoms with Crippen LogP contribution in [0.2, 0.25) is 0 Å². The van der Waals surface area contributed by atoms with Crippen molar-refractivity contribution in [3.05, 3.63) is 233 Å². The van der Waals surface area contributed by atoms with Crippen molar-refractivity contribution in [1.29, 1.82) is 0 Å². The Morgan fingerprint density at radius 3 is 2.42 bits per heavy atom. The van der Waals surface area contributed by atoms with Crippen LogP contribution in [0.4, 0.5) is 17.1 Å². The number of para-hydroxylation sites is 2. The highest BCUT2D eigenvalue weighted by Crippen LogP contribution is 2.69. The maximum atomic E-state index is 6.80. The second-order valence-corrected chi connectivity index (χ2v) is 19.2. The van der Waals surface area contributed by atoms with Gasteiger partial charge in [0.25, 0.3) is 0 Å². The van der Waals surface area contributed by atoms with Crippen molar-refractivity contribution in [1.82, 2.24) is 4.57 Å². The second kappa shape index (κ2) is 14.4. The third kappa shape index (κ3) is 5.12. The van der Waals surface area contributed by atoms with E-state index in [9.17, 15) is 0 Å². The monoisotopic (exact) mass is 862 g/mol. The number of rotatable bonds is 5. The van der Waals surface area contributed by atoms with Crippen molar-refractivity contribution >= 4 is 72.1 Å². The van der Waals surface area contributed by atoms with E-state index in [0.717, 1.165) is 48.2 Å². The first-order valence-electron chi connectivity index (χ1n) is 24.3. The van der Waals surface area contributed by atoms with Crippen LogP contribution < -0.4 is 4.90 Å². The molecule has 6 aliphatic carbocycles. The van der Waals surface area contributed by atoms with Gasteiger partial charge in [0, 0.05) is 51.2 Å². The van der Waals surface area contributed by atoms with E-state index < -0.39 is 5.41 Å². The Kier molecular flexibility index (Phi) is 8.32. The smallest absolute Gasteiger partial charge is 0.136 e. The molecular formula is C64H50N2O. The molecular weight excluding hydrogens is 813 g/mol. The van der Waals surface area contributed by atoms with Gasteiger partial charge >= 0.3 is 0 Å². The first-order valence-corrected chi connectivity index (χ1v) is 24.3. The maximum absolute atomic E-state index is 6.80. The Bertz CT molecular complexity index is 3790. The van der Waals surface area contributed by atoms with E-state index >= 15 is 0 Å². The lowest BCUT2D eigenvalue weighted by Gasteiger charge is -2.38. The molecule has 0 bridgehead atoms. The van der Waals surface area contributed by atoms with Gasteiger partial charge in [0.05, 0.1) is 27.8 Å². The van der Waals surface area contributed by atoms with Crippen molar-refractivity contribution in [2.45, 2.75) is 51.9 Å². The summed E-state index contributed by atoms with van der Waals surface area (Å²) in [5, 5.41) is 4.90. The number of anilines is 3. The van der Waals surface area contributed by atoms with Gasteiger partial charge in [-0.2, -0.15) is 0 Å². The minimum Gasteiger partial charge on any atom is -0.456 e. The predicted molar refractivity (Wildman–Crippen MR) is 281 cm³/mol. The van der Waals surface area contributed by atoms with Crippen LogP contribution in [0.25, 0.3) is 66.1 Å². The summed E-state index contributed by atoms with van der Waals surface area (Å²) in [6, 6.07) is 41.3. The summed E-state index contributed by atoms with van der Waals surface area (Å²) in [6.07, 6.45) is 34.8. The Labute approximate surface area is 391 Å². The largest absolute Gasteiger partial charge is 0.456 e. The third-order valence-corrected chi connectivity index (χ3v) is 15.9. The zero-order valence-corrected chi connectivity index (χ0v) is 38.2. The summed E-state index contributed by atoms with van der Waals surface area (Å²) in [6.45, 7) is 6.45. The molecule has 0 aliphatic heterocycles. The van der Waals surface area contributed by atoms with Crippen LogP contribution in [0, 0.1) is 18.8 Å². The number of hydrogen-bond acceptors (Lipinski definition) is 2. The predicted octanol–water partition coefficient (Wildman–Crippen LogP) is 17.0. The van der Waals surface area contributed by atoms with Crippen LogP contribution in [0.1, 0.15) is 60.9 Å². The molecule has 8 aromatic rings. The molecule has 6 aliphatic rings. The Hall–Kier alpha value is -7.62. The molecule has 6 aromatic carbocycles. The standard InChI is InChI=1S/C64H50N2O/c1-4-18-41(5-2)65-53-27-15-11-23-46(53)60-54(65)28-17-29-55(60)66(42-33-31-39(3)32-34-42)56-38-52-63(59-43-20-8-6-7-19-40(43)37-48(56)59)62-51(35-36-58-61(62)47-24-12-16-30-57(47)67-58)64(52)49-25-13-9-21-44(49)45-22-10-14-26-50(45)64/h4-5,7-9,11-21,23-36,38,44,49H,6,10,22,37H2,1-3H3/b18-4-,41-5+. The zero-order valence-electron chi connectivity index (χ0n) is 38.2. The topological polar surface area (TPSA) is 21.3 Å². The number of furan rings is 1. The SMILES string of the molecule is C/C=C\C(=C/C)n1c2ccccc2c2c(N(c3ccc(C)cc3)c3cc4c(c5c3CC3=C5C=CCC=C3)-c3c(ccc5oc6ccccc6c35)C43C4=C(CCC=C4)C4C=CC=CC43)cccc21. The summed E-state index contributed by atoms with van der Waals surface area (Å²) in [7, 11) is 0. The molecule has 1 spiro atoms. The number of benzene rings is 6. The third-order valence-electron chi connectivity index (χ3n) is 15.9. The molecule has 0 saturated heterocycles. The summed E-state index contributed by atoms with van der Waals surface area (Å²) < 4.78 is 9.25. The maximum Gasteiger partial charge on any atom is 0.136 e. The van der Waals surface area contributed by atoms with E-state index in [2.05, 4.69) is 218 Å². The van der Waals surface area contributed by atoms with Gasteiger partial charge in [-0.1, -0.05) is 145 Å². The van der Waals surface area contributed by atoms with Gasteiger partial charge in [-0.05, 0) is 145 Å². The average Bonchev–Trinajstić information content (AvgIpc) is 4.12. The lowest BCUT2D eigenvalue weighted by atomic mass is 9.64. The number of hydrogen-bond donors (Lipinski definition) is 0. The van der Waals surface area contributed by atoms with Crippen molar-refractivity contribution in [2.75, 3.05) is 4.90 Å². The van der Waals surface area contributed by atoms with Crippen molar-refractivity contribution in [3.8, 4) is 11.1 Å². The molecule has 3 unspecified atom stereocenters. The lowest BCUT2D eigenvalue weighted by Crippen LogP contribution is -2.35. The molecule has 14 rings (SSSR count). The van der Waals surface area contributed by atoms with Gasteiger partial charge in [0.15, 0.2) is 0 Å². The minimum absolute atomic E-state index is 0.214. The molecule has 0 radical (unpaired) electrons. The molecule has 3 atom stereocenters. The molecule has 0 fully saturated rings. The highest BCUT2D eigenvalue weighted by Gasteiger charge is 2.59. The Morgan fingerprint density at radius 1 is 0.716 bits per heavy atom. The first kappa shape index (κ1) is 38.6. The number of aryl methyl sites for hydroxylation is 1. The molecule has 3 nitrogen and oxygen atoms in total.